The van der Waals surface area contributed by atoms with Crippen LogP contribution in [-0.4, -0.2) is 60.4 Å². The second-order valence-corrected chi connectivity index (χ2v) is 11.1. The van der Waals surface area contributed by atoms with Crippen molar-refractivity contribution in [3.05, 3.63) is 47.4 Å². The van der Waals surface area contributed by atoms with Gasteiger partial charge in [-0.2, -0.15) is 0 Å². The van der Waals surface area contributed by atoms with E-state index in [4.69, 9.17) is 4.74 Å². The predicted molar refractivity (Wildman–Crippen MR) is 137 cm³/mol. The van der Waals surface area contributed by atoms with E-state index < -0.39 is 11.7 Å². The normalized spacial score (nSPS) is 33.1. The van der Waals surface area contributed by atoms with E-state index in [9.17, 15) is 9.90 Å². The zero-order valence-electron chi connectivity index (χ0n) is 21.8. The second kappa shape index (κ2) is 10.0. The van der Waals surface area contributed by atoms with Crippen LogP contribution in [0.25, 0.3) is 0 Å². The van der Waals surface area contributed by atoms with Gasteiger partial charge >= 0.3 is 5.97 Å². The number of aliphatic hydroxyl groups is 1. The van der Waals surface area contributed by atoms with Crippen LogP contribution in [0.1, 0.15) is 51.7 Å². The molecule has 1 aliphatic heterocycles. The van der Waals surface area contributed by atoms with Gasteiger partial charge in [0.25, 0.3) is 0 Å². The van der Waals surface area contributed by atoms with Gasteiger partial charge in [-0.15, -0.1) is 0 Å². The van der Waals surface area contributed by atoms with E-state index in [0.29, 0.717) is 11.8 Å². The highest BCUT2D eigenvalue weighted by Gasteiger charge is 2.53. The topological polar surface area (TPSA) is 53.0 Å². The Labute approximate surface area is 206 Å². The minimum atomic E-state index is -1.04. The quantitative estimate of drug-likeness (QED) is 0.514. The zero-order chi connectivity index (χ0) is 24.6. The number of hydrogen-bond acceptors (Lipinski definition) is 5. The number of hydrogen-bond donors (Lipinski definition) is 1. The number of rotatable bonds is 5. The van der Waals surface area contributed by atoms with Gasteiger partial charge in [0.05, 0.1) is 12.0 Å². The number of carbonyl (C=O) groups excluding carboxylic acids is 1. The van der Waals surface area contributed by atoms with Crippen LogP contribution in [0.15, 0.2) is 29.8 Å². The predicted octanol–water partition coefficient (Wildman–Crippen LogP) is 4.43. The van der Waals surface area contributed by atoms with Gasteiger partial charge in [-0.05, 0) is 80.2 Å². The van der Waals surface area contributed by atoms with E-state index in [1.54, 1.807) is 0 Å². The van der Waals surface area contributed by atoms with Crippen molar-refractivity contribution in [2.24, 2.45) is 23.7 Å². The number of anilines is 1. The van der Waals surface area contributed by atoms with E-state index in [-0.39, 0.29) is 17.8 Å². The molecule has 2 fully saturated rings. The van der Waals surface area contributed by atoms with E-state index in [1.807, 2.05) is 6.92 Å². The summed E-state index contributed by atoms with van der Waals surface area (Å²) in [7, 11) is 0. The number of carbonyl (C=O) groups is 1. The molecule has 5 nitrogen and oxygen atoms in total. The van der Waals surface area contributed by atoms with Crippen LogP contribution in [0, 0.1) is 43.9 Å². The van der Waals surface area contributed by atoms with Crippen molar-refractivity contribution in [1.82, 2.24) is 4.90 Å². The molecule has 2 aliphatic carbocycles. The molecule has 0 aromatic heterocycles. The van der Waals surface area contributed by atoms with Gasteiger partial charge in [-0.3, -0.25) is 9.69 Å². The largest absolute Gasteiger partial charge is 0.457 e. The van der Waals surface area contributed by atoms with Gasteiger partial charge in [-0.1, -0.05) is 26.0 Å². The molecule has 1 aromatic carbocycles. The van der Waals surface area contributed by atoms with Crippen molar-refractivity contribution in [2.45, 2.75) is 66.1 Å². The maximum absolute atomic E-state index is 11.7. The third-order valence-electron chi connectivity index (χ3n) is 8.38. The van der Waals surface area contributed by atoms with E-state index in [0.717, 1.165) is 51.1 Å². The molecular weight excluding hydrogens is 424 g/mol. The van der Waals surface area contributed by atoms with Gasteiger partial charge in [0.15, 0.2) is 0 Å². The maximum Gasteiger partial charge on any atom is 0.303 e. The fraction of sp³-hybridized carbons (Fsp3) is 0.655. The molecule has 0 unspecified atom stereocenters. The summed E-state index contributed by atoms with van der Waals surface area (Å²) in [5.41, 5.74) is 3.93. The van der Waals surface area contributed by atoms with Crippen LogP contribution in [0.2, 0.25) is 0 Å². The van der Waals surface area contributed by atoms with Crippen molar-refractivity contribution in [1.29, 1.82) is 0 Å². The smallest absolute Gasteiger partial charge is 0.303 e. The highest BCUT2D eigenvalue weighted by Crippen LogP contribution is 2.50. The average Bonchev–Trinajstić information content (AvgIpc) is 2.75. The summed E-state index contributed by atoms with van der Waals surface area (Å²) in [4.78, 5) is 16.7. The monoisotopic (exact) mass is 466 g/mol. The Morgan fingerprint density at radius 1 is 1.15 bits per heavy atom. The Kier molecular flexibility index (Phi) is 7.44. The van der Waals surface area contributed by atoms with E-state index in [2.05, 4.69) is 68.2 Å². The molecule has 0 amide bonds. The minimum absolute atomic E-state index is 0.0228. The van der Waals surface area contributed by atoms with Crippen molar-refractivity contribution >= 4 is 11.7 Å². The van der Waals surface area contributed by atoms with Crippen LogP contribution in [0.5, 0.6) is 0 Å². The number of fused-ring (bicyclic) bond motifs is 1. The summed E-state index contributed by atoms with van der Waals surface area (Å²) in [5.74, 6) is 0.646. The van der Waals surface area contributed by atoms with Crippen molar-refractivity contribution in [3.8, 4) is 0 Å². The molecule has 5 heteroatoms. The summed E-state index contributed by atoms with van der Waals surface area (Å²) >= 11 is 0. The summed E-state index contributed by atoms with van der Waals surface area (Å²) in [5, 5.41) is 11.7. The number of piperazine rings is 1. The fourth-order valence-corrected chi connectivity index (χ4v) is 6.47. The molecule has 3 aliphatic rings. The molecule has 34 heavy (non-hydrogen) atoms. The average molecular weight is 467 g/mol. The summed E-state index contributed by atoms with van der Waals surface area (Å²) in [6.45, 7) is 17.5. The van der Waals surface area contributed by atoms with E-state index in [1.165, 1.54) is 23.7 Å². The third-order valence-corrected chi connectivity index (χ3v) is 8.38. The van der Waals surface area contributed by atoms with Crippen molar-refractivity contribution in [3.63, 3.8) is 0 Å². The van der Waals surface area contributed by atoms with Crippen LogP contribution < -0.4 is 4.90 Å². The summed E-state index contributed by atoms with van der Waals surface area (Å²) in [6, 6.07) is 6.82. The number of esters is 1. The standard InChI is InChI=1S/C29H42N2O3/c1-19-13-20(2)15-25(14-19)31-11-9-30(10-12-31)18-22(4)26-8-7-23(5)29(33)17-28(34-24(6)32)21(3)16-27(26)29/h13-16,22-23,26-28,33H,7-12,18H2,1-6H3/t22-,23-,26+,27-,28-,29-/m1/s1. The zero-order valence-corrected chi connectivity index (χ0v) is 21.8. The lowest BCUT2D eigenvalue weighted by molar-refractivity contribution is -0.148. The lowest BCUT2D eigenvalue weighted by atomic mass is 9.57. The maximum atomic E-state index is 11.7. The van der Waals surface area contributed by atoms with Crippen LogP contribution in [0.3, 0.4) is 0 Å². The lowest BCUT2D eigenvalue weighted by Gasteiger charge is -2.53. The number of ether oxygens (including phenoxy) is 1. The molecular formula is C29H42N2O3. The van der Waals surface area contributed by atoms with Gasteiger partial charge < -0.3 is 14.7 Å². The Bertz CT molecular complexity index is 900. The molecule has 1 N–H and O–H groups in total. The van der Waals surface area contributed by atoms with Gasteiger partial charge in [0.1, 0.15) is 6.10 Å². The summed E-state index contributed by atoms with van der Waals surface area (Å²) in [6.07, 6.45) is 7.02. The van der Waals surface area contributed by atoms with Crippen LogP contribution in [-0.2, 0) is 9.53 Å². The molecule has 186 valence electrons. The highest BCUT2D eigenvalue weighted by atomic mass is 16.5. The Balaban J connectivity index is 1.41. The number of aryl methyl sites for hydroxylation is 2. The molecule has 2 radical (unpaired) electrons. The first kappa shape index (κ1) is 25.2. The first-order valence-electron chi connectivity index (χ1n) is 13.0. The van der Waals surface area contributed by atoms with Gasteiger partial charge in [-0.25, -0.2) is 0 Å². The molecule has 1 heterocycles. The molecule has 1 aromatic rings. The van der Waals surface area contributed by atoms with Crippen molar-refractivity contribution < 1.29 is 14.6 Å². The molecule has 4 rings (SSSR count). The van der Waals surface area contributed by atoms with Crippen molar-refractivity contribution in [2.75, 3.05) is 37.6 Å². The molecule has 6 atom stereocenters. The molecule has 1 saturated heterocycles. The highest BCUT2D eigenvalue weighted by molar-refractivity contribution is 5.66. The first-order chi connectivity index (χ1) is 16.1. The number of nitrogens with zero attached hydrogens (tertiary/aromatic N) is 2. The third kappa shape index (κ3) is 5.21. The Morgan fingerprint density at radius 3 is 2.41 bits per heavy atom. The van der Waals surface area contributed by atoms with Crippen LogP contribution in [0.4, 0.5) is 5.69 Å². The number of benzene rings is 1. The van der Waals surface area contributed by atoms with Gasteiger partial charge in [0, 0.05) is 51.3 Å². The molecule has 1 saturated carbocycles. The van der Waals surface area contributed by atoms with Gasteiger partial charge in [0.2, 0.25) is 0 Å². The molecule has 0 bridgehead atoms. The first-order valence-corrected chi connectivity index (χ1v) is 13.0. The Morgan fingerprint density at radius 2 is 1.79 bits per heavy atom. The fourth-order valence-electron chi connectivity index (χ4n) is 6.47. The molecule has 0 spiro atoms. The minimum Gasteiger partial charge on any atom is -0.457 e. The Hall–Kier alpha value is -1.85. The summed E-state index contributed by atoms with van der Waals surface area (Å²) < 4.78 is 5.45. The second-order valence-electron chi connectivity index (χ2n) is 11.1. The van der Waals surface area contributed by atoms with E-state index >= 15 is 0 Å². The SMILES string of the molecule is CC(=O)O[C@@H]1[C][C@@]2(O)[C@H](C)CC[C@@H]([C@H](C)CN3CCN(c4cc(C)cc(C)c4)CC3)[C@H]2C=C1C. The lowest BCUT2D eigenvalue weighted by Crippen LogP contribution is -2.57. The van der Waals surface area contributed by atoms with Crippen LogP contribution >= 0.6 is 0 Å².